The van der Waals surface area contributed by atoms with Gasteiger partial charge in [-0.25, -0.2) is 14.5 Å². The molecule has 13 nitrogen and oxygen atoms in total. The van der Waals surface area contributed by atoms with Crippen molar-refractivity contribution in [3.63, 3.8) is 0 Å². The van der Waals surface area contributed by atoms with E-state index in [1.54, 1.807) is 12.3 Å². The van der Waals surface area contributed by atoms with Gasteiger partial charge in [0, 0.05) is 24.2 Å². The maximum absolute atomic E-state index is 12.8. The Balaban J connectivity index is 1.62. The van der Waals surface area contributed by atoms with Gasteiger partial charge in [-0.3, -0.25) is 9.97 Å². The highest BCUT2D eigenvalue weighted by atomic mass is 32.8. The first-order valence-corrected chi connectivity index (χ1v) is 16.6. The summed E-state index contributed by atoms with van der Waals surface area (Å²) >= 11 is 0. The molecule has 3 N–H and O–H groups in total. The summed E-state index contributed by atoms with van der Waals surface area (Å²) in [5, 5.41) is 4.04. The Kier molecular flexibility index (Phi) is 8.25. The van der Waals surface area contributed by atoms with E-state index in [0.29, 0.717) is 17.9 Å². The van der Waals surface area contributed by atoms with Crippen LogP contribution in [-0.4, -0.2) is 38.1 Å². The van der Waals surface area contributed by atoms with E-state index in [0.717, 1.165) is 34.5 Å². The monoisotopic (exact) mass is 610 g/mol. The second-order valence-corrected chi connectivity index (χ2v) is 14.0. The zero-order valence-electron chi connectivity index (χ0n) is 20.8. The number of nitrogens with zero attached hydrogens (tertiary/aromatic N) is 5. The van der Waals surface area contributed by atoms with Crippen molar-refractivity contribution in [2.24, 2.45) is 4.91 Å². The van der Waals surface area contributed by atoms with Crippen LogP contribution in [0.1, 0.15) is 5.69 Å². The maximum Gasteiger partial charge on any atom is 0.495 e. The molecule has 0 aliphatic rings. The van der Waals surface area contributed by atoms with Crippen LogP contribution >= 0.6 is 15.0 Å². The molecule has 0 amide bonds. The van der Waals surface area contributed by atoms with Crippen molar-refractivity contribution in [1.82, 2.24) is 19.9 Å². The first-order valence-electron chi connectivity index (χ1n) is 11.7. The highest BCUT2D eigenvalue weighted by molar-refractivity contribution is 8.44. The minimum atomic E-state index is -5.18. The van der Waals surface area contributed by atoms with Crippen LogP contribution in [0.15, 0.2) is 101 Å². The van der Waals surface area contributed by atoms with Gasteiger partial charge in [0.05, 0.1) is 28.0 Å². The van der Waals surface area contributed by atoms with Gasteiger partial charge >= 0.3 is 24.4 Å². The zero-order chi connectivity index (χ0) is 29.0. The highest BCUT2D eigenvalue weighted by Crippen LogP contribution is 2.42. The molecule has 41 heavy (non-hydrogen) atoms. The summed E-state index contributed by atoms with van der Waals surface area (Å²) in [5.74, 6) is 0.578. The van der Waals surface area contributed by atoms with Gasteiger partial charge in [-0.1, -0.05) is 48.5 Å². The SMILES string of the molecule is O=P(O)(O)ON=[P+]([O-])S(=O)(=O)c1cncc(-c2nc(NCc3ccccn3)c3c(-c4ccccc4)cccc3n2)c1. The molecular formula is C25H20N6O7P2S. The molecule has 1 atom stereocenters. The molecule has 0 saturated heterocycles. The number of hydrogen-bond acceptors (Lipinski definition) is 11. The Morgan fingerprint density at radius 2 is 1.76 bits per heavy atom. The van der Waals surface area contributed by atoms with Crippen LogP contribution in [0.5, 0.6) is 0 Å². The topological polar surface area (TPSA) is 200 Å². The van der Waals surface area contributed by atoms with Crippen LogP contribution in [0.2, 0.25) is 0 Å². The van der Waals surface area contributed by atoms with Gasteiger partial charge in [0.25, 0.3) is 0 Å². The Morgan fingerprint density at radius 3 is 2.49 bits per heavy atom. The third-order valence-electron chi connectivity index (χ3n) is 5.66. The van der Waals surface area contributed by atoms with Crippen LogP contribution in [0, 0.1) is 0 Å². The number of rotatable bonds is 9. The molecule has 5 aromatic rings. The standard InChI is InChI=1S/C25H20N6O7P2S/c32-39(31-38-40(33,34)35)41(36,37)20-13-18(14-26-16-20)24-29-22-11-6-10-21(17-7-2-1-3-8-17)23(22)25(30-24)28-15-19-9-4-5-12-27-19/h1-14,16H,15H2,(H,28,29,30)(H2,33,34,35). The van der Waals surface area contributed by atoms with E-state index < -0.39 is 29.3 Å². The summed E-state index contributed by atoms with van der Waals surface area (Å²) in [6.07, 6.45) is 3.93. The van der Waals surface area contributed by atoms with E-state index in [2.05, 4.69) is 29.8 Å². The summed E-state index contributed by atoms with van der Waals surface area (Å²) in [7, 11) is -13.5. The normalized spacial score (nSPS) is 12.4. The molecule has 0 radical (unpaired) electrons. The predicted molar refractivity (Wildman–Crippen MR) is 149 cm³/mol. The second-order valence-electron chi connectivity index (χ2n) is 8.41. The van der Waals surface area contributed by atoms with Crippen molar-refractivity contribution in [1.29, 1.82) is 0 Å². The number of benzene rings is 2. The van der Waals surface area contributed by atoms with E-state index in [1.807, 2.05) is 60.7 Å². The summed E-state index contributed by atoms with van der Waals surface area (Å²) in [6, 6.07) is 21.9. The summed E-state index contributed by atoms with van der Waals surface area (Å²) < 4.78 is 40.1. The lowest BCUT2D eigenvalue weighted by molar-refractivity contribution is -0.152. The predicted octanol–water partition coefficient (Wildman–Crippen LogP) is 4.02. The van der Waals surface area contributed by atoms with Crippen molar-refractivity contribution < 1.29 is 32.3 Å². The second kappa shape index (κ2) is 11.9. The molecule has 208 valence electrons. The van der Waals surface area contributed by atoms with E-state index in [9.17, 15) is 17.9 Å². The molecule has 0 spiro atoms. The van der Waals surface area contributed by atoms with Crippen LogP contribution in [0.3, 0.4) is 0 Å². The molecule has 0 saturated carbocycles. The van der Waals surface area contributed by atoms with Gasteiger partial charge in [0.15, 0.2) is 5.82 Å². The van der Waals surface area contributed by atoms with Crippen molar-refractivity contribution in [2.75, 3.05) is 5.32 Å². The number of aromatic nitrogens is 4. The number of hydrogen-bond donors (Lipinski definition) is 3. The molecule has 16 heteroatoms. The summed E-state index contributed by atoms with van der Waals surface area (Å²) in [4.78, 5) is 49.5. The van der Waals surface area contributed by atoms with Crippen molar-refractivity contribution in [2.45, 2.75) is 11.4 Å². The Morgan fingerprint density at radius 1 is 0.976 bits per heavy atom. The highest BCUT2D eigenvalue weighted by Gasteiger charge is 2.30. The molecule has 5 rings (SSSR count). The Hall–Kier alpha value is -4.00. The van der Waals surface area contributed by atoms with Gasteiger partial charge in [0.1, 0.15) is 10.7 Å². The van der Waals surface area contributed by atoms with E-state index in [-0.39, 0.29) is 11.4 Å². The molecule has 0 bridgehead atoms. The lowest BCUT2D eigenvalue weighted by atomic mass is 10.0. The van der Waals surface area contributed by atoms with Crippen molar-refractivity contribution in [3.8, 4) is 22.5 Å². The average Bonchev–Trinajstić information content (AvgIpc) is 2.98. The zero-order valence-corrected chi connectivity index (χ0v) is 23.4. The number of anilines is 1. The van der Waals surface area contributed by atoms with Gasteiger partial charge in [-0.2, -0.15) is 8.42 Å². The molecule has 0 fully saturated rings. The molecule has 3 heterocycles. The minimum absolute atomic E-state index is 0.120. The van der Waals surface area contributed by atoms with Crippen molar-refractivity contribution in [3.05, 3.63) is 97.1 Å². The quantitative estimate of drug-likeness (QED) is 0.160. The van der Waals surface area contributed by atoms with E-state index in [1.165, 1.54) is 6.20 Å². The van der Waals surface area contributed by atoms with Gasteiger partial charge in [-0.05, 0) is 35.4 Å². The Bertz CT molecular complexity index is 1910. The third kappa shape index (κ3) is 6.67. The maximum atomic E-state index is 12.8. The smallest absolute Gasteiger partial charge is 0.495 e. The fourth-order valence-corrected chi connectivity index (χ4v) is 6.60. The van der Waals surface area contributed by atoms with E-state index >= 15 is 0 Å². The molecule has 3 aromatic heterocycles. The molecule has 2 aromatic carbocycles. The van der Waals surface area contributed by atoms with Gasteiger partial charge in [-0.15, -0.1) is 4.62 Å². The van der Waals surface area contributed by atoms with Crippen LogP contribution < -0.4 is 10.2 Å². The fraction of sp³-hybridized carbons (Fsp3) is 0.0400. The van der Waals surface area contributed by atoms with Crippen molar-refractivity contribution >= 4 is 41.1 Å². The summed E-state index contributed by atoms with van der Waals surface area (Å²) in [5.41, 5.74) is 3.31. The number of fused-ring (bicyclic) bond motifs is 1. The molecule has 0 aliphatic heterocycles. The molecule has 0 aliphatic carbocycles. The number of pyridine rings is 2. The van der Waals surface area contributed by atoms with Gasteiger partial charge in [0.2, 0.25) is 0 Å². The van der Waals surface area contributed by atoms with Crippen LogP contribution in [-0.2, 0) is 25.2 Å². The molecule has 1 unspecified atom stereocenters. The Labute approximate surface area is 234 Å². The number of nitrogens with one attached hydrogen (secondary N) is 1. The van der Waals surface area contributed by atoms with Gasteiger partial charge < -0.3 is 20.0 Å². The fourth-order valence-electron chi connectivity index (χ4n) is 3.87. The van der Waals surface area contributed by atoms with Crippen LogP contribution in [0.4, 0.5) is 5.82 Å². The minimum Gasteiger partial charge on any atom is -0.595 e. The lowest BCUT2D eigenvalue weighted by Crippen LogP contribution is -2.07. The third-order valence-corrected chi connectivity index (χ3v) is 9.59. The first-order chi connectivity index (χ1) is 19.6. The van der Waals surface area contributed by atoms with E-state index in [4.69, 9.17) is 14.8 Å². The van der Waals surface area contributed by atoms with Crippen LogP contribution in [0.25, 0.3) is 33.4 Å². The summed E-state index contributed by atoms with van der Waals surface area (Å²) in [6.45, 7) is 0.337. The number of phosphoric acid groups is 1. The molecular weight excluding hydrogens is 590 g/mol. The average molecular weight is 610 g/mol. The largest absolute Gasteiger partial charge is 0.595 e. The lowest BCUT2D eigenvalue weighted by Gasteiger charge is -2.14. The first kappa shape index (κ1) is 28.5.